The predicted octanol–water partition coefficient (Wildman–Crippen LogP) is 19.9. The van der Waals surface area contributed by atoms with Crippen LogP contribution in [0, 0.1) is 58.2 Å². The average Bonchev–Trinajstić information content (AvgIpc) is 3.34. The largest absolute Gasteiger partial charge is 0.481 e. The van der Waals surface area contributed by atoms with Crippen LogP contribution >= 0.6 is 0 Å². The molecular formula is C72H144O12. The number of carbonyl (C=O) groups excluding carboxylic acids is 8. The Kier molecular flexibility index (Phi) is 66.6. The van der Waals surface area contributed by atoms with Gasteiger partial charge >= 0.3 is 11.9 Å². The lowest BCUT2D eigenvalue weighted by Crippen LogP contribution is -2.29. The predicted molar refractivity (Wildman–Crippen MR) is 359 cm³/mol. The maximum atomic E-state index is 11.9. The van der Waals surface area contributed by atoms with Crippen LogP contribution in [-0.4, -0.2) is 75.3 Å². The topological polar surface area (TPSA) is 203 Å². The van der Waals surface area contributed by atoms with Crippen molar-refractivity contribution in [3.05, 3.63) is 0 Å². The zero-order valence-electron chi connectivity index (χ0n) is 51.9. The Bertz CT molecular complexity index is 1650. The van der Waals surface area contributed by atoms with Crippen LogP contribution in [0.3, 0.4) is 0 Å². The van der Waals surface area contributed by atoms with E-state index in [1.165, 1.54) is 137 Å². The number of Topliss-reactive ketones (excluding diaryl/α,β-unsaturated/α-hetero) is 7. The van der Waals surface area contributed by atoms with Gasteiger partial charge in [0.05, 0.1) is 19.4 Å². The van der Waals surface area contributed by atoms with Crippen molar-refractivity contribution in [2.45, 2.75) is 348 Å². The second-order valence-electron chi connectivity index (χ2n) is 26.3. The first-order valence-electron chi connectivity index (χ1n) is 30.3. The number of carboxylic acids is 1. The van der Waals surface area contributed by atoms with Gasteiger partial charge in [0.25, 0.3) is 0 Å². The molecule has 0 bridgehead atoms. The molecule has 5 aliphatic carbocycles. The van der Waals surface area contributed by atoms with Crippen LogP contribution in [-0.2, 0) is 47.9 Å². The number of esters is 1. The van der Waals surface area contributed by atoms with Crippen LogP contribution in [0.1, 0.15) is 342 Å². The number of hydrogen-bond acceptors (Lipinski definition) is 11. The third kappa shape index (κ3) is 56.4. The van der Waals surface area contributed by atoms with Gasteiger partial charge in [0.2, 0.25) is 0 Å². The van der Waals surface area contributed by atoms with Crippen LogP contribution in [0.15, 0.2) is 0 Å². The van der Waals surface area contributed by atoms with E-state index >= 15 is 0 Å². The highest BCUT2D eigenvalue weighted by molar-refractivity contribution is 5.84. The van der Waals surface area contributed by atoms with E-state index in [1.807, 2.05) is 20.8 Å². The van der Waals surface area contributed by atoms with Crippen molar-refractivity contribution in [1.29, 1.82) is 0 Å². The molecule has 12 nitrogen and oxygen atoms in total. The molecule has 5 aliphatic rings. The Hall–Kier alpha value is -3.41. The molecule has 0 aromatic rings. The van der Waals surface area contributed by atoms with Gasteiger partial charge < -0.3 is 29.3 Å². The summed E-state index contributed by atoms with van der Waals surface area (Å²) < 4.78 is 5.29. The number of aliphatic hydroxyl groups excluding tert-OH is 1. The molecule has 0 unspecified atom stereocenters. The van der Waals surface area contributed by atoms with Gasteiger partial charge in [-0.3, -0.25) is 28.8 Å². The number of carbonyl (C=O) groups is 9. The monoisotopic (exact) mass is 1200 g/mol. The van der Waals surface area contributed by atoms with E-state index in [0.717, 1.165) is 63.7 Å². The fraction of sp³-hybridized carbons (Fsp3) is 0.875. The van der Waals surface area contributed by atoms with E-state index in [-0.39, 0.29) is 128 Å². The van der Waals surface area contributed by atoms with Gasteiger partial charge in [0.1, 0.15) is 40.8 Å². The van der Waals surface area contributed by atoms with E-state index in [2.05, 4.69) is 27.7 Å². The first-order valence-corrected chi connectivity index (χ1v) is 30.3. The summed E-state index contributed by atoms with van der Waals surface area (Å²) in [6, 6.07) is 0. The van der Waals surface area contributed by atoms with Gasteiger partial charge in [-0.2, -0.15) is 0 Å². The Balaban J connectivity index is -0.000000113. The summed E-state index contributed by atoms with van der Waals surface area (Å²) in [5.41, 5.74) is 0.151. The first kappa shape index (κ1) is 99.6. The van der Waals surface area contributed by atoms with E-state index in [1.54, 1.807) is 27.7 Å². The summed E-state index contributed by atoms with van der Waals surface area (Å²) in [6.07, 6.45) is 31.4. The van der Waals surface area contributed by atoms with Crippen LogP contribution in [0.2, 0.25) is 0 Å². The lowest BCUT2D eigenvalue weighted by molar-refractivity contribution is -0.150. The maximum absolute atomic E-state index is 11.9. The van der Waals surface area contributed by atoms with Crippen molar-refractivity contribution < 1.29 is 58.1 Å². The van der Waals surface area contributed by atoms with Crippen molar-refractivity contribution in [3.8, 4) is 0 Å². The molecule has 0 amide bonds. The summed E-state index contributed by atoms with van der Waals surface area (Å²) in [7, 11) is 0. The molecule has 5 saturated carbocycles. The van der Waals surface area contributed by atoms with E-state index in [9.17, 15) is 48.3 Å². The third-order valence-electron chi connectivity index (χ3n) is 15.5. The quantitative estimate of drug-likeness (QED) is 0.139. The Labute approximate surface area is 521 Å². The second kappa shape index (κ2) is 56.1. The molecule has 5 rings (SSSR count). The minimum absolute atomic E-state index is 0. The minimum Gasteiger partial charge on any atom is -0.481 e. The van der Waals surface area contributed by atoms with E-state index in [4.69, 9.17) is 9.84 Å². The second-order valence-corrected chi connectivity index (χ2v) is 26.3. The molecule has 0 spiro atoms. The maximum Gasteiger partial charge on any atom is 0.306 e. The highest BCUT2D eigenvalue weighted by Crippen LogP contribution is 2.35. The number of hydrogen-bond donors (Lipinski definition) is 2. The highest BCUT2D eigenvalue weighted by Gasteiger charge is 2.31. The van der Waals surface area contributed by atoms with Gasteiger partial charge in [-0.1, -0.05) is 210 Å². The smallest absolute Gasteiger partial charge is 0.306 e. The summed E-state index contributed by atoms with van der Waals surface area (Å²) in [6.45, 7) is 27.5. The number of ketones is 7. The van der Waals surface area contributed by atoms with Gasteiger partial charge in [-0.15, -0.1) is 0 Å². The molecule has 0 saturated heterocycles. The van der Waals surface area contributed by atoms with Crippen molar-refractivity contribution in [1.82, 2.24) is 0 Å². The SMILES string of the molecule is C.C.C.C.C.C.C.CC(=O)CC(C)(C)C.CC(=O)CC1CCCCC1.CC(=O)[C@@H](C)C1CCCCC1.CC(=O)[C@@H](CC(=O)O)C1CCCCC1.CC(=O)[C@@H](CC(=O)OCC(C)(C)C)C1CCCCC1.CC(=O)[C@@H](O)C1CCCCC1.CC(C)=O. The average molecular weight is 1200 g/mol. The molecule has 0 aliphatic heterocycles. The van der Waals surface area contributed by atoms with Crippen molar-refractivity contribution in [2.24, 2.45) is 58.2 Å². The van der Waals surface area contributed by atoms with Gasteiger partial charge in [-0.05, 0) is 147 Å². The molecule has 84 heavy (non-hydrogen) atoms. The molecule has 504 valence electrons. The number of rotatable bonds is 16. The normalized spacial score (nSPS) is 17.6. The summed E-state index contributed by atoms with van der Waals surface area (Å²) in [4.78, 5) is 98.0. The van der Waals surface area contributed by atoms with Gasteiger partial charge in [0, 0.05) is 30.6 Å². The zero-order valence-corrected chi connectivity index (χ0v) is 51.9. The lowest BCUT2D eigenvalue weighted by Gasteiger charge is -2.28. The minimum atomic E-state index is -0.851. The molecule has 0 aromatic heterocycles. The summed E-state index contributed by atoms with van der Waals surface area (Å²) in [5, 5.41) is 18.1. The van der Waals surface area contributed by atoms with Gasteiger partial charge in [-0.25, -0.2) is 0 Å². The Morgan fingerprint density at radius 3 is 0.976 bits per heavy atom. The zero-order chi connectivity index (χ0) is 59.3. The number of ether oxygens (including phenoxy) is 1. The van der Waals surface area contributed by atoms with Crippen LogP contribution in [0.5, 0.6) is 0 Å². The summed E-state index contributed by atoms with van der Waals surface area (Å²) >= 11 is 0. The molecular weight excluding hydrogens is 1060 g/mol. The van der Waals surface area contributed by atoms with E-state index < -0.39 is 12.1 Å². The molecule has 0 aromatic carbocycles. The Morgan fingerprint density at radius 2 is 0.726 bits per heavy atom. The fourth-order valence-corrected chi connectivity index (χ4v) is 11.4. The van der Waals surface area contributed by atoms with Crippen LogP contribution in [0.4, 0.5) is 0 Å². The number of aliphatic hydroxyl groups is 1. The molecule has 0 heterocycles. The first-order chi connectivity index (χ1) is 35.8. The number of carboxylic acid groups (broad SMARTS) is 1. The van der Waals surface area contributed by atoms with Crippen LogP contribution in [0.25, 0.3) is 0 Å². The van der Waals surface area contributed by atoms with Gasteiger partial charge in [0.15, 0.2) is 5.78 Å². The van der Waals surface area contributed by atoms with Crippen molar-refractivity contribution in [2.75, 3.05) is 6.61 Å². The summed E-state index contributed by atoms with van der Waals surface area (Å²) in [5.74, 6) is 2.53. The highest BCUT2D eigenvalue weighted by atomic mass is 16.5. The van der Waals surface area contributed by atoms with Crippen molar-refractivity contribution >= 4 is 52.4 Å². The Morgan fingerprint density at radius 1 is 0.417 bits per heavy atom. The third-order valence-corrected chi connectivity index (χ3v) is 15.5. The lowest BCUT2D eigenvalue weighted by atomic mass is 9.77. The number of aliphatic carboxylic acids is 1. The van der Waals surface area contributed by atoms with Crippen LogP contribution < -0.4 is 0 Å². The molecule has 12 heteroatoms. The molecule has 4 atom stereocenters. The fourth-order valence-electron chi connectivity index (χ4n) is 11.4. The molecule has 2 N–H and O–H groups in total. The van der Waals surface area contributed by atoms with Crippen molar-refractivity contribution in [3.63, 3.8) is 0 Å². The standard InChI is InChI=1S/C16H28O3.C11H18O3.C10H18O.C9H16O2.C9H16O.C7H14O.C3H6O.7CH4/c1-12(17)14(13-8-6-5-7-9-13)10-15(18)19-11-16(2,3)4;1-8(12)10(7-11(13)14)9-5-3-2-4-6-9;1-8(9(2)11)10-6-4-3-5-7-10;1-7(10)9(11)8-5-3-2-4-6-8;1-8(10)7-9-5-3-2-4-6-9;1-6(8)5-7(2,3)4;1-3(2)4;;;;;;;/h13-14H,5-11H2,1-4H3;9-10H,2-7H2,1H3,(H,13,14);8,10H,3-7H2,1-2H3;8-9,11H,2-6H2,1H3;9H,2-7H2,1H3;5H2,1-4H3;1-2H3;7*1H4/t14-;10-;8-;9-;;;;;;;;;;/m1111........../s1. The van der Waals surface area contributed by atoms with E-state index in [0.29, 0.717) is 48.3 Å². The molecule has 0 radical (unpaired) electrons. The molecule has 5 fully saturated rings.